The quantitative estimate of drug-likeness (QED) is 0.481. The Morgan fingerprint density at radius 1 is 1.03 bits per heavy atom. The predicted octanol–water partition coefficient (Wildman–Crippen LogP) is 3.82. The molecule has 33 heavy (non-hydrogen) atoms. The molecule has 7 heteroatoms. The van der Waals surface area contributed by atoms with Gasteiger partial charge < -0.3 is 14.4 Å². The lowest BCUT2D eigenvalue weighted by atomic mass is 10.1. The van der Waals surface area contributed by atoms with E-state index in [2.05, 4.69) is 11.9 Å². The van der Waals surface area contributed by atoms with Crippen LogP contribution in [0, 0.1) is 0 Å². The third-order valence-corrected chi connectivity index (χ3v) is 6.83. The predicted molar refractivity (Wildman–Crippen MR) is 132 cm³/mol. The summed E-state index contributed by atoms with van der Waals surface area (Å²) in [6, 6.07) is 17.5. The van der Waals surface area contributed by atoms with Crippen LogP contribution in [0.2, 0.25) is 0 Å². The van der Waals surface area contributed by atoms with Crippen molar-refractivity contribution >= 4 is 33.4 Å². The van der Waals surface area contributed by atoms with Gasteiger partial charge >= 0.3 is 0 Å². The maximum atomic E-state index is 14.0. The minimum Gasteiger partial charge on any atom is -0.339 e. The normalized spacial score (nSPS) is 15.4. The van der Waals surface area contributed by atoms with Gasteiger partial charge in [0.15, 0.2) is 5.69 Å². The van der Waals surface area contributed by atoms with Crippen molar-refractivity contribution in [1.82, 2.24) is 19.2 Å². The van der Waals surface area contributed by atoms with Gasteiger partial charge in [-0.05, 0) is 58.1 Å². The lowest BCUT2D eigenvalue weighted by Crippen LogP contribution is -2.39. The van der Waals surface area contributed by atoms with Crippen LogP contribution >= 0.6 is 0 Å². The number of nitrogens with zero attached hydrogens (tertiary/aromatic N) is 5. The monoisotopic (exact) mass is 443 g/mol. The second kappa shape index (κ2) is 8.48. The molecule has 0 bridgehead atoms. The number of carbonyl (C=O) groups is 1. The number of likely N-dealkylation sites (tertiary alicyclic amines) is 1. The van der Waals surface area contributed by atoms with Crippen LogP contribution in [-0.2, 0) is 7.05 Å². The van der Waals surface area contributed by atoms with Gasteiger partial charge in [0.2, 0.25) is 0 Å². The number of hydrogen-bond acceptors (Lipinski definition) is 4. The van der Waals surface area contributed by atoms with Gasteiger partial charge in [-0.3, -0.25) is 9.59 Å². The number of aryl methyl sites for hydroxylation is 1. The molecule has 1 aliphatic rings. The zero-order valence-corrected chi connectivity index (χ0v) is 19.4. The average Bonchev–Trinajstić information content (AvgIpc) is 3.14. The van der Waals surface area contributed by atoms with Gasteiger partial charge in [-0.2, -0.15) is 5.10 Å². The molecule has 4 aromatic rings. The Balaban J connectivity index is 1.78. The van der Waals surface area contributed by atoms with Crippen LogP contribution in [0.25, 0.3) is 21.8 Å². The number of aromatic nitrogens is 3. The van der Waals surface area contributed by atoms with Gasteiger partial charge in [0.25, 0.3) is 11.5 Å². The summed E-state index contributed by atoms with van der Waals surface area (Å²) in [4.78, 5) is 31.7. The van der Waals surface area contributed by atoms with E-state index in [1.54, 1.807) is 9.58 Å². The molecule has 0 unspecified atom stereocenters. The van der Waals surface area contributed by atoms with Crippen LogP contribution in [-0.4, -0.2) is 51.8 Å². The van der Waals surface area contributed by atoms with Gasteiger partial charge in [0, 0.05) is 35.6 Å². The summed E-state index contributed by atoms with van der Waals surface area (Å²) in [6.45, 7) is 4.27. The zero-order valence-electron chi connectivity index (χ0n) is 19.4. The molecule has 0 aliphatic carbocycles. The molecule has 7 nitrogen and oxygen atoms in total. The van der Waals surface area contributed by atoms with Crippen molar-refractivity contribution in [2.75, 3.05) is 31.6 Å². The van der Waals surface area contributed by atoms with Gasteiger partial charge in [-0.15, -0.1) is 0 Å². The first-order chi connectivity index (χ1) is 16.0. The Morgan fingerprint density at radius 3 is 2.39 bits per heavy atom. The standard InChI is InChI=1S/C26H29N5O2/c1-4-30(18-10-6-5-7-11-18)25(32)23-22-20-12-8-9-13-21(20)29(3)24(22)26(33)31(27-23)19-14-16-28(2)17-15-19/h5-13,19H,4,14-17H2,1-3H3. The molecule has 0 atom stereocenters. The Kier molecular flexibility index (Phi) is 5.50. The summed E-state index contributed by atoms with van der Waals surface area (Å²) in [5, 5.41) is 6.31. The van der Waals surface area contributed by atoms with E-state index in [4.69, 9.17) is 5.10 Å². The number of piperidine rings is 1. The molecule has 2 aromatic heterocycles. The van der Waals surface area contributed by atoms with Crippen LogP contribution in [0.4, 0.5) is 5.69 Å². The van der Waals surface area contributed by atoms with Gasteiger partial charge in [0.05, 0.1) is 6.04 Å². The number of amides is 1. The minimum absolute atomic E-state index is 0.0190. The fraction of sp³-hybridized carbons (Fsp3) is 0.346. The van der Waals surface area contributed by atoms with E-state index in [0.717, 1.165) is 42.5 Å². The van der Waals surface area contributed by atoms with Crippen LogP contribution in [0.15, 0.2) is 59.4 Å². The molecule has 0 radical (unpaired) electrons. The molecule has 1 amide bonds. The van der Waals surface area contributed by atoms with E-state index in [-0.39, 0.29) is 17.5 Å². The van der Waals surface area contributed by atoms with Crippen LogP contribution < -0.4 is 10.5 Å². The molecular weight excluding hydrogens is 414 g/mol. The molecule has 1 fully saturated rings. The van der Waals surface area contributed by atoms with Gasteiger partial charge in [-0.1, -0.05) is 36.4 Å². The first-order valence-electron chi connectivity index (χ1n) is 11.6. The van der Waals surface area contributed by atoms with Crippen molar-refractivity contribution in [3.8, 4) is 0 Å². The summed E-state index contributed by atoms with van der Waals surface area (Å²) in [5.41, 5.74) is 2.49. The Morgan fingerprint density at radius 2 is 1.70 bits per heavy atom. The van der Waals surface area contributed by atoms with E-state index >= 15 is 0 Å². The summed E-state index contributed by atoms with van der Waals surface area (Å²) in [5.74, 6) is -0.188. The fourth-order valence-corrected chi connectivity index (χ4v) is 5.01. The fourth-order valence-electron chi connectivity index (χ4n) is 5.01. The van der Waals surface area contributed by atoms with E-state index in [9.17, 15) is 9.59 Å². The van der Waals surface area contributed by atoms with E-state index in [0.29, 0.717) is 23.1 Å². The topological polar surface area (TPSA) is 63.4 Å². The highest BCUT2D eigenvalue weighted by atomic mass is 16.2. The highest BCUT2D eigenvalue weighted by molar-refractivity contribution is 6.20. The molecule has 0 N–H and O–H groups in total. The molecular formula is C26H29N5O2. The lowest BCUT2D eigenvalue weighted by molar-refractivity contribution is 0.0981. The highest BCUT2D eigenvalue weighted by Gasteiger charge is 2.29. The largest absolute Gasteiger partial charge is 0.339 e. The molecule has 170 valence electrons. The number of hydrogen-bond donors (Lipinski definition) is 0. The van der Waals surface area contributed by atoms with Crippen molar-refractivity contribution < 1.29 is 4.79 Å². The van der Waals surface area contributed by atoms with Crippen molar-refractivity contribution in [2.24, 2.45) is 7.05 Å². The molecule has 0 saturated carbocycles. The van der Waals surface area contributed by atoms with Crippen molar-refractivity contribution in [1.29, 1.82) is 0 Å². The van der Waals surface area contributed by atoms with E-state index in [1.807, 2.05) is 73.1 Å². The molecule has 1 aliphatic heterocycles. The van der Waals surface area contributed by atoms with Crippen molar-refractivity contribution in [3.05, 3.63) is 70.6 Å². The van der Waals surface area contributed by atoms with Crippen LogP contribution in [0.5, 0.6) is 0 Å². The van der Waals surface area contributed by atoms with Crippen molar-refractivity contribution in [3.63, 3.8) is 0 Å². The summed E-state index contributed by atoms with van der Waals surface area (Å²) in [7, 11) is 3.99. The maximum absolute atomic E-state index is 14.0. The second-order valence-electron chi connectivity index (χ2n) is 8.82. The van der Waals surface area contributed by atoms with E-state index < -0.39 is 0 Å². The zero-order chi connectivity index (χ0) is 23.1. The maximum Gasteiger partial charge on any atom is 0.291 e. The summed E-state index contributed by atoms with van der Waals surface area (Å²) < 4.78 is 3.50. The molecule has 3 heterocycles. The molecule has 0 spiro atoms. The van der Waals surface area contributed by atoms with Crippen LogP contribution in [0.3, 0.4) is 0 Å². The number of fused-ring (bicyclic) bond motifs is 3. The first-order valence-corrected chi connectivity index (χ1v) is 11.6. The Bertz CT molecular complexity index is 1380. The molecule has 1 saturated heterocycles. The summed E-state index contributed by atoms with van der Waals surface area (Å²) >= 11 is 0. The number of benzene rings is 2. The minimum atomic E-state index is -0.188. The number of anilines is 1. The smallest absolute Gasteiger partial charge is 0.291 e. The third-order valence-electron chi connectivity index (χ3n) is 6.83. The van der Waals surface area contributed by atoms with Crippen LogP contribution in [0.1, 0.15) is 36.3 Å². The SMILES string of the molecule is CCN(C(=O)c1nn(C2CCN(C)CC2)c(=O)c2c1c1ccccc1n2C)c1ccccc1. The van der Waals surface area contributed by atoms with Crippen molar-refractivity contribution in [2.45, 2.75) is 25.8 Å². The third kappa shape index (κ3) is 3.53. The van der Waals surface area contributed by atoms with Gasteiger partial charge in [0.1, 0.15) is 5.52 Å². The van der Waals surface area contributed by atoms with E-state index in [1.165, 1.54) is 0 Å². The number of carbonyl (C=O) groups excluding carboxylic acids is 1. The molecule has 5 rings (SSSR count). The lowest BCUT2D eigenvalue weighted by Gasteiger charge is -2.30. The average molecular weight is 444 g/mol. The Hall–Kier alpha value is -3.45. The second-order valence-corrected chi connectivity index (χ2v) is 8.82. The summed E-state index contributed by atoms with van der Waals surface area (Å²) in [6.07, 6.45) is 1.67. The molecule has 2 aromatic carbocycles. The Labute approximate surface area is 192 Å². The number of rotatable bonds is 4. The van der Waals surface area contributed by atoms with Gasteiger partial charge in [-0.25, -0.2) is 4.68 Å². The number of para-hydroxylation sites is 2. The highest BCUT2D eigenvalue weighted by Crippen LogP contribution is 2.31. The first kappa shape index (κ1) is 21.4.